The van der Waals surface area contributed by atoms with Crippen LogP contribution in [0.1, 0.15) is 40.5 Å². The molecule has 0 heterocycles. The molecular formula is C10H21O2P. The number of hydrogen-bond donors (Lipinski definition) is 1. The van der Waals surface area contributed by atoms with E-state index in [2.05, 4.69) is 13.5 Å². The normalized spacial score (nSPS) is 14.2. The number of unbranched alkanes of at least 4 members (excludes halogenated alkanes) is 1. The zero-order valence-electron chi connectivity index (χ0n) is 9.13. The largest absolute Gasteiger partial charge is 0.347 e. The van der Waals surface area contributed by atoms with E-state index in [1.54, 1.807) is 0 Å². The van der Waals surface area contributed by atoms with E-state index in [9.17, 15) is 4.89 Å². The van der Waals surface area contributed by atoms with Crippen LogP contribution in [0.5, 0.6) is 0 Å². The summed E-state index contributed by atoms with van der Waals surface area (Å²) in [5.41, 5.74) is -0.0628. The molecule has 0 spiro atoms. The molecule has 0 saturated carbocycles. The lowest BCUT2D eigenvalue weighted by Gasteiger charge is -2.24. The van der Waals surface area contributed by atoms with Crippen molar-refractivity contribution in [2.45, 2.75) is 40.5 Å². The monoisotopic (exact) mass is 204 g/mol. The summed E-state index contributed by atoms with van der Waals surface area (Å²) in [4.78, 5) is 9.62. The fourth-order valence-electron chi connectivity index (χ4n) is 0.660. The van der Waals surface area contributed by atoms with E-state index in [0.29, 0.717) is 6.61 Å². The lowest BCUT2D eigenvalue weighted by atomic mass is 9.97. The van der Waals surface area contributed by atoms with Gasteiger partial charge in [0.25, 0.3) is 0 Å². The maximum Gasteiger partial charge on any atom is 0.197 e. The van der Waals surface area contributed by atoms with Gasteiger partial charge in [-0.1, -0.05) is 40.7 Å². The lowest BCUT2D eigenvalue weighted by Crippen LogP contribution is -2.08. The smallest absolute Gasteiger partial charge is 0.197 e. The van der Waals surface area contributed by atoms with Gasteiger partial charge in [0.15, 0.2) is 8.38 Å². The van der Waals surface area contributed by atoms with Crippen LogP contribution in [0.15, 0.2) is 11.9 Å². The fourth-order valence-corrected chi connectivity index (χ4v) is 1.69. The van der Waals surface area contributed by atoms with Gasteiger partial charge in [0.05, 0.1) is 6.61 Å². The van der Waals surface area contributed by atoms with Gasteiger partial charge in [-0.25, -0.2) is 0 Å². The Kier molecular flexibility index (Phi) is 5.78. The van der Waals surface area contributed by atoms with Crippen molar-refractivity contribution >= 4 is 8.38 Å². The van der Waals surface area contributed by atoms with E-state index in [0.717, 1.165) is 18.2 Å². The second kappa shape index (κ2) is 5.74. The van der Waals surface area contributed by atoms with Gasteiger partial charge in [0.2, 0.25) is 0 Å². The summed E-state index contributed by atoms with van der Waals surface area (Å²) in [6.45, 7) is 12.7. The third kappa shape index (κ3) is 5.41. The van der Waals surface area contributed by atoms with Crippen molar-refractivity contribution in [3.05, 3.63) is 11.9 Å². The van der Waals surface area contributed by atoms with E-state index in [1.807, 2.05) is 20.8 Å². The third-order valence-electron chi connectivity index (χ3n) is 1.81. The van der Waals surface area contributed by atoms with Gasteiger partial charge in [-0.05, 0) is 11.8 Å². The van der Waals surface area contributed by atoms with Crippen molar-refractivity contribution in [2.24, 2.45) is 5.41 Å². The Morgan fingerprint density at radius 3 is 2.38 bits per heavy atom. The molecule has 0 aromatic heterocycles. The minimum Gasteiger partial charge on any atom is -0.347 e. The number of hydrogen-bond acceptors (Lipinski definition) is 2. The highest BCUT2D eigenvalue weighted by atomic mass is 31.2. The van der Waals surface area contributed by atoms with Crippen molar-refractivity contribution in [1.82, 2.24) is 0 Å². The molecule has 0 aliphatic heterocycles. The summed E-state index contributed by atoms with van der Waals surface area (Å²) in [6, 6.07) is 0. The van der Waals surface area contributed by atoms with Crippen LogP contribution in [0.2, 0.25) is 0 Å². The lowest BCUT2D eigenvalue weighted by molar-refractivity contribution is 0.301. The van der Waals surface area contributed by atoms with Gasteiger partial charge in [-0.3, -0.25) is 0 Å². The van der Waals surface area contributed by atoms with Crippen LogP contribution in [0.25, 0.3) is 0 Å². The maximum absolute atomic E-state index is 9.62. The highest BCUT2D eigenvalue weighted by molar-refractivity contribution is 7.51. The second-order valence-corrected chi connectivity index (χ2v) is 5.50. The first kappa shape index (κ1) is 13.1. The zero-order valence-corrected chi connectivity index (χ0v) is 10.0. The minimum absolute atomic E-state index is 0.0628. The van der Waals surface area contributed by atoms with Crippen molar-refractivity contribution in [1.29, 1.82) is 0 Å². The molecule has 13 heavy (non-hydrogen) atoms. The molecule has 3 heteroatoms. The van der Waals surface area contributed by atoms with Crippen LogP contribution in [0, 0.1) is 5.41 Å². The van der Waals surface area contributed by atoms with E-state index in [1.165, 1.54) is 0 Å². The number of rotatable bonds is 5. The van der Waals surface area contributed by atoms with E-state index < -0.39 is 8.38 Å². The molecule has 78 valence electrons. The highest BCUT2D eigenvalue weighted by Gasteiger charge is 2.23. The second-order valence-electron chi connectivity index (χ2n) is 4.16. The molecule has 0 saturated heterocycles. The summed E-state index contributed by atoms with van der Waals surface area (Å²) in [5, 5.41) is 0.804. The standard InChI is InChI=1S/C10H21O2P/c1-6-7-8-12-13(11)9(2)10(3,4)5/h11H,2,6-8H2,1,3-5H3. The molecule has 0 fully saturated rings. The summed E-state index contributed by atoms with van der Waals surface area (Å²) < 4.78 is 5.29. The Bertz CT molecular complexity index is 161. The fraction of sp³-hybridized carbons (Fsp3) is 0.800. The first-order valence-corrected chi connectivity index (χ1v) is 5.92. The molecule has 0 bridgehead atoms. The van der Waals surface area contributed by atoms with E-state index >= 15 is 0 Å². The first-order chi connectivity index (χ1) is 5.89. The molecule has 0 aliphatic rings. The summed E-state index contributed by atoms with van der Waals surface area (Å²) in [6.07, 6.45) is 2.09. The van der Waals surface area contributed by atoms with Crippen LogP contribution in [0.4, 0.5) is 0 Å². The molecule has 1 N–H and O–H groups in total. The summed E-state index contributed by atoms with van der Waals surface area (Å²) >= 11 is 0. The molecular weight excluding hydrogens is 183 g/mol. The summed E-state index contributed by atoms with van der Waals surface area (Å²) in [5.74, 6) is 0. The van der Waals surface area contributed by atoms with E-state index in [4.69, 9.17) is 4.52 Å². The average molecular weight is 204 g/mol. The molecule has 0 rings (SSSR count). The van der Waals surface area contributed by atoms with Gasteiger partial charge in [0.1, 0.15) is 0 Å². The topological polar surface area (TPSA) is 29.5 Å². The first-order valence-electron chi connectivity index (χ1n) is 4.71. The van der Waals surface area contributed by atoms with Crippen LogP contribution < -0.4 is 0 Å². The van der Waals surface area contributed by atoms with Crippen molar-refractivity contribution < 1.29 is 9.42 Å². The Labute approximate surface area is 82.9 Å². The van der Waals surface area contributed by atoms with Crippen molar-refractivity contribution in [2.75, 3.05) is 6.61 Å². The quantitative estimate of drug-likeness (QED) is 0.547. The molecule has 0 amide bonds. The molecule has 0 radical (unpaired) electrons. The van der Waals surface area contributed by atoms with Gasteiger partial charge in [-0.2, -0.15) is 0 Å². The molecule has 1 atom stereocenters. The Morgan fingerprint density at radius 1 is 1.46 bits per heavy atom. The van der Waals surface area contributed by atoms with Crippen LogP contribution in [0.3, 0.4) is 0 Å². The molecule has 2 nitrogen and oxygen atoms in total. The van der Waals surface area contributed by atoms with Crippen LogP contribution in [-0.4, -0.2) is 11.5 Å². The zero-order chi connectivity index (χ0) is 10.5. The predicted molar refractivity (Wildman–Crippen MR) is 58.6 cm³/mol. The molecule has 1 unspecified atom stereocenters. The van der Waals surface area contributed by atoms with Crippen LogP contribution >= 0.6 is 8.38 Å². The van der Waals surface area contributed by atoms with Crippen molar-refractivity contribution in [3.8, 4) is 0 Å². The highest BCUT2D eigenvalue weighted by Crippen LogP contribution is 2.49. The Morgan fingerprint density at radius 2 is 2.00 bits per heavy atom. The van der Waals surface area contributed by atoms with Gasteiger partial charge < -0.3 is 9.42 Å². The molecule has 0 aliphatic carbocycles. The Balaban J connectivity index is 3.84. The molecule has 0 aromatic carbocycles. The summed E-state index contributed by atoms with van der Waals surface area (Å²) in [7, 11) is -1.44. The van der Waals surface area contributed by atoms with Gasteiger partial charge >= 0.3 is 0 Å². The van der Waals surface area contributed by atoms with Gasteiger partial charge in [-0.15, -0.1) is 0 Å². The average Bonchev–Trinajstić information content (AvgIpc) is 2.01. The van der Waals surface area contributed by atoms with E-state index in [-0.39, 0.29) is 5.41 Å². The minimum atomic E-state index is -1.44. The van der Waals surface area contributed by atoms with Gasteiger partial charge in [0, 0.05) is 5.31 Å². The molecule has 0 aromatic rings. The maximum atomic E-state index is 9.62. The van der Waals surface area contributed by atoms with Crippen LogP contribution in [-0.2, 0) is 4.52 Å². The SMILES string of the molecule is C=C(P(O)OCCCC)C(C)(C)C. The number of allylic oxidation sites excluding steroid dienone is 1. The third-order valence-corrected chi connectivity index (χ3v) is 3.37. The predicted octanol–water partition coefficient (Wildman–Crippen LogP) is 3.67. The van der Waals surface area contributed by atoms with Crippen molar-refractivity contribution in [3.63, 3.8) is 0 Å². The Hall–Kier alpha value is 0.0900.